The number of hydrogen-bond acceptors (Lipinski definition) is 6. The van der Waals surface area contributed by atoms with Crippen LogP contribution in [0.2, 0.25) is 0 Å². The number of anilines is 1. The summed E-state index contributed by atoms with van der Waals surface area (Å²) in [6, 6.07) is 1.37. The Kier molecular flexibility index (Phi) is 5.35. The summed E-state index contributed by atoms with van der Waals surface area (Å²) < 4.78 is 36.6. The zero-order valence-corrected chi connectivity index (χ0v) is 13.0. The van der Waals surface area contributed by atoms with Crippen molar-refractivity contribution in [2.45, 2.75) is 6.61 Å². The first-order valence-corrected chi connectivity index (χ1v) is 7.16. The van der Waals surface area contributed by atoms with Gasteiger partial charge in [0.2, 0.25) is 0 Å². The summed E-state index contributed by atoms with van der Waals surface area (Å²) in [4.78, 5) is 27.5. The lowest BCUT2D eigenvalue weighted by atomic mass is 10.1. The Bertz CT molecular complexity index is 748. The standard InChI is InChI=1S/C14H12F2N2O4S/c1-21-5-12-17-11(6-23-12)13(19)18-10-3-7(14(20)22-2)8(15)4-9(10)16/h3-4,6H,5H2,1-2H3,(H,18,19). The molecule has 9 heteroatoms. The summed E-state index contributed by atoms with van der Waals surface area (Å²) in [5.74, 6) is -3.77. The second kappa shape index (κ2) is 7.25. The van der Waals surface area contributed by atoms with Gasteiger partial charge in [0.1, 0.15) is 22.3 Å². The van der Waals surface area contributed by atoms with Crippen molar-refractivity contribution >= 4 is 28.9 Å². The molecule has 0 aliphatic carbocycles. The maximum Gasteiger partial charge on any atom is 0.340 e. The molecule has 0 aliphatic heterocycles. The van der Waals surface area contributed by atoms with Crippen molar-refractivity contribution in [1.82, 2.24) is 4.98 Å². The topological polar surface area (TPSA) is 77.5 Å². The average Bonchev–Trinajstić information content (AvgIpc) is 2.98. The highest BCUT2D eigenvalue weighted by Gasteiger charge is 2.19. The third-order valence-corrected chi connectivity index (χ3v) is 3.58. The molecule has 0 unspecified atom stereocenters. The molecule has 0 saturated carbocycles. The Morgan fingerprint density at radius 1 is 1.26 bits per heavy atom. The van der Waals surface area contributed by atoms with E-state index in [1.807, 2.05) is 0 Å². The van der Waals surface area contributed by atoms with Crippen molar-refractivity contribution in [3.8, 4) is 0 Å². The van der Waals surface area contributed by atoms with Gasteiger partial charge in [0.25, 0.3) is 5.91 Å². The van der Waals surface area contributed by atoms with Crippen molar-refractivity contribution in [1.29, 1.82) is 0 Å². The fourth-order valence-electron chi connectivity index (χ4n) is 1.70. The smallest absolute Gasteiger partial charge is 0.340 e. The van der Waals surface area contributed by atoms with Crippen LogP contribution in [0, 0.1) is 11.6 Å². The SMILES string of the molecule is COCc1nc(C(=O)Nc2cc(C(=O)OC)c(F)cc2F)cs1. The van der Waals surface area contributed by atoms with E-state index in [4.69, 9.17) is 4.74 Å². The number of aromatic nitrogens is 1. The molecule has 122 valence electrons. The molecule has 1 aromatic carbocycles. The number of carbonyl (C=O) groups excluding carboxylic acids is 2. The van der Waals surface area contributed by atoms with Crippen molar-refractivity contribution in [3.63, 3.8) is 0 Å². The summed E-state index contributed by atoms with van der Waals surface area (Å²) in [7, 11) is 2.55. The number of halogens is 2. The van der Waals surface area contributed by atoms with Gasteiger partial charge in [0.05, 0.1) is 25.0 Å². The molecule has 0 saturated heterocycles. The molecule has 0 radical (unpaired) electrons. The fraction of sp³-hybridized carbons (Fsp3) is 0.214. The molecule has 23 heavy (non-hydrogen) atoms. The van der Waals surface area contributed by atoms with Crippen molar-refractivity contribution in [2.24, 2.45) is 0 Å². The first kappa shape index (κ1) is 17.0. The van der Waals surface area contributed by atoms with E-state index in [0.717, 1.165) is 13.2 Å². The molecule has 0 aliphatic rings. The monoisotopic (exact) mass is 342 g/mol. The largest absolute Gasteiger partial charge is 0.465 e. The molecule has 1 N–H and O–H groups in total. The number of amides is 1. The number of nitrogens with one attached hydrogen (secondary N) is 1. The van der Waals surface area contributed by atoms with Crippen LogP contribution in [0.5, 0.6) is 0 Å². The van der Waals surface area contributed by atoms with E-state index in [0.29, 0.717) is 11.1 Å². The summed E-state index contributed by atoms with van der Waals surface area (Å²) >= 11 is 1.21. The highest BCUT2D eigenvalue weighted by molar-refractivity contribution is 7.09. The summed E-state index contributed by atoms with van der Waals surface area (Å²) in [6.07, 6.45) is 0. The van der Waals surface area contributed by atoms with Gasteiger partial charge in [-0.3, -0.25) is 4.79 Å². The molecule has 2 aromatic rings. The van der Waals surface area contributed by atoms with E-state index >= 15 is 0 Å². The number of hydrogen-bond donors (Lipinski definition) is 1. The van der Waals surface area contributed by atoms with Gasteiger partial charge in [0, 0.05) is 18.6 Å². The van der Waals surface area contributed by atoms with Crippen LogP contribution in [0.4, 0.5) is 14.5 Å². The van der Waals surface area contributed by atoms with Crippen LogP contribution in [0.25, 0.3) is 0 Å². The quantitative estimate of drug-likeness (QED) is 0.845. The third-order valence-electron chi connectivity index (χ3n) is 2.76. The lowest BCUT2D eigenvalue weighted by molar-refractivity contribution is 0.0595. The third kappa shape index (κ3) is 3.88. The summed E-state index contributed by atoms with van der Waals surface area (Å²) in [5, 5.41) is 4.30. The zero-order chi connectivity index (χ0) is 17.0. The molecule has 0 atom stereocenters. The van der Waals surface area contributed by atoms with Gasteiger partial charge in [-0.1, -0.05) is 0 Å². The number of rotatable bonds is 5. The van der Waals surface area contributed by atoms with E-state index in [1.54, 1.807) is 0 Å². The van der Waals surface area contributed by atoms with Gasteiger partial charge >= 0.3 is 5.97 Å². The molecule has 1 aromatic heterocycles. The molecule has 1 heterocycles. The minimum atomic E-state index is -1.08. The first-order chi connectivity index (χ1) is 11.0. The molecule has 0 fully saturated rings. The van der Waals surface area contributed by atoms with E-state index in [2.05, 4.69) is 15.0 Å². The van der Waals surface area contributed by atoms with Crippen molar-refractivity contribution in [3.05, 3.63) is 45.4 Å². The first-order valence-electron chi connectivity index (χ1n) is 6.28. The lowest BCUT2D eigenvalue weighted by Gasteiger charge is -2.08. The van der Waals surface area contributed by atoms with Gasteiger partial charge in [-0.15, -0.1) is 11.3 Å². The van der Waals surface area contributed by atoms with Crippen molar-refractivity contribution < 1.29 is 27.8 Å². The molecule has 1 amide bonds. The van der Waals surface area contributed by atoms with Gasteiger partial charge in [-0.25, -0.2) is 18.6 Å². The molecule has 6 nitrogen and oxygen atoms in total. The van der Waals surface area contributed by atoms with Crippen LogP contribution in [-0.4, -0.2) is 31.1 Å². The van der Waals surface area contributed by atoms with Crippen LogP contribution in [0.3, 0.4) is 0 Å². The number of nitrogens with zero attached hydrogens (tertiary/aromatic N) is 1. The van der Waals surface area contributed by atoms with Gasteiger partial charge in [0.15, 0.2) is 0 Å². The van der Waals surface area contributed by atoms with Crippen LogP contribution in [0.15, 0.2) is 17.5 Å². The Hall–Kier alpha value is -2.39. The predicted octanol–water partition coefficient (Wildman–Crippen LogP) is 2.61. The Morgan fingerprint density at radius 3 is 2.65 bits per heavy atom. The number of ether oxygens (including phenoxy) is 2. The Labute approximate surface area is 134 Å². The molecular formula is C14H12F2N2O4S. The highest BCUT2D eigenvalue weighted by Crippen LogP contribution is 2.21. The maximum absolute atomic E-state index is 13.8. The summed E-state index contributed by atoms with van der Waals surface area (Å²) in [5.41, 5.74) is -0.772. The van der Waals surface area contributed by atoms with Crippen LogP contribution < -0.4 is 5.32 Å². The van der Waals surface area contributed by atoms with E-state index < -0.39 is 29.1 Å². The molecule has 2 rings (SSSR count). The molecular weight excluding hydrogens is 330 g/mol. The fourth-order valence-corrected chi connectivity index (χ4v) is 2.45. The Morgan fingerprint density at radius 2 is 2.00 bits per heavy atom. The van der Waals surface area contributed by atoms with E-state index in [-0.39, 0.29) is 18.0 Å². The number of esters is 1. The second-order valence-corrected chi connectivity index (χ2v) is 5.26. The minimum absolute atomic E-state index is 0.0605. The maximum atomic E-state index is 13.8. The van der Waals surface area contributed by atoms with E-state index in [1.165, 1.54) is 23.8 Å². The number of methoxy groups -OCH3 is 2. The highest BCUT2D eigenvalue weighted by atomic mass is 32.1. The molecule has 0 bridgehead atoms. The molecule has 0 spiro atoms. The zero-order valence-electron chi connectivity index (χ0n) is 12.2. The number of benzene rings is 1. The second-order valence-electron chi connectivity index (χ2n) is 4.32. The van der Waals surface area contributed by atoms with Gasteiger partial charge in [-0.2, -0.15) is 0 Å². The number of carbonyl (C=O) groups is 2. The normalized spacial score (nSPS) is 10.4. The lowest BCUT2D eigenvalue weighted by Crippen LogP contribution is -2.15. The predicted molar refractivity (Wildman–Crippen MR) is 78.5 cm³/mol. The van der Waals surface area contributed by atoms with Crippen LogP contribution >= 0.6 is 11.3 Å². The van der Waals surface area contributed by atoms with Crippen molar-refractivity contribution in [2.75, 3.05) is 19.5 Å². The summed E-state index contributed by atoms with van der Waals surface area (Å²) in [6.45, 7) is 0.245. The number of thiazole rings is 1. The van der Waals surface area contributed by atoms with Crippen LogP contribution in [-0.2, 0) is 16.1 Å². The van der Waals surface area contributed by atoms with E-state index in [9.17, 15) is 18.4 Å². The van der Waals surface area contributed by atoms with Gasteiger partial charge in [-0.05, 0) is 6.07 Å². The van der Waals surface area contributed by atoms with Crippen LogP contribution in [0.1, 0.15) is 25.9 Å². The minimum Gasteiger partial charge on any atom is -0.465 e. The van der Waals surface area contributed by atoms with Gasteiger partial charge < -0.3 is 14.8 Å². The average molecular weight is 342 g/mol. The Balaban J connectivity index is 2.24.